The van der Waals surface area contributed by atoms with Crippen LogP contribution in [0.3, 0.4) is 0 Å². The third-order valence-electron chi connectivity index (χ3n) is 3.04. The third kappa shape index (κ3) is 6.88. The Kier molecular flexibility index (Phi) is 9.20. The van der Waals surface area contributed by atoms with Gasteiger partial charge in [-0.05, 0) is 24.6 Å². The van der Waals surface area contributed by atoms with E-state index in [0.29, 0.717) is 0 Å². The lowest BCUT2D eigenvalue weighted by Gasteiger charge is -2.11. The van der Waals surface area contributed by atoms with Crippen LogP contribution in [0.4, 0.5) is 0 Å². The van der Waals surface area contributed by atoms with Gasteiger partial charge in [-0.1, -0.05) is 6.07 Å². The average molecular weight is 414 g/mol. The Morgan fingerprint density at radius 3 is 2.73 bits per heavy atom. The Bertz CT molecular complexity index is 526. The van der Waals surface area contributed by atoms with Gasteiger partial charge in [0.05, 0.1) is 0 Å². The first-order valence-corrected chi connectivity index (χ1v) is 7.20. The SMILES string of the molecule is CN=C(NCCCn1cccn1)NCCc1ccccn1.I. The highest BCUT2D eigenvalue weighted by Gasteiger charge is 1.98. The molecule has 0 aromatic carbocycles. The molecule has 0 saturated carbocycles. The molecule has 0 aliphatic carbocycles. The van der Waals surface area contributed by atoms with Crippen LogP contribution >= 0.6 is 24.0 Å². The lowest BCUT2D eigenvalue weighted by atomic mass is 10.3. The molecule has 2 N–H and O–H groups in total. The molecular weight excluding hydrogens is 391 g/mol. The second-order valence-corrected chi connectivity index (χ2v) is 4.62. The van der Waals surface area contributed by atoms with Crippen molar-refractivity contribution in [3.8, 4) is 0 Å². The number of aromatic nitrogens is 3. The summed E-state index contributed by atoms with van der Waals surface area (Å²) < 4.78 is 1.93. The van der Waals surface area contributed by atoms with Crippen molar-refractivity contribution in [3.63, 3.8) is 0 Å². The van der Waals surface area contributed by atoms with Crippen molar-refractivity contribution < 1.29 is 0 Å². The molecule has 22 heavy (non-hydrogen) atoms. The Morgan fingerprint density at radius 2 is 2.05 bits per heavy atom. The number of nitrogens with zero attached hydrogens (tertiary/aromatic N) is 4. The minimum absolute atomic E-state index is 0. The number of hydrogen-bond donors (Lipinski definition) is 2. The van der Waals surface area contributed by atoms with Crippen LogP contribution in [0.2, 0.25) is 0 Å². The topological polar surface area (TPSA) is 67.1 Å². The van der Waals surface area contributed by atoms with Crippen LogP contribution in [0.1, 0.15) is 12.1 Å². The van der Waals surface area contributed by atoms with Gasteiger partial charge in [-0.3, -0.25) is 14.7 Å². The molecule has 0 aliphatic rings. The van der Waals surface area contributed by atoms with Crippen molar-refractivity contribution in [1.29, 1.82) is 0 Å². The van der Waals surface area contributed by atoms with Crippen LogP contribution in [0.15, 0.2) is 47.8 Å². The first-order valence-electron chi connectivity index (χ1n) is 7.20. The molecule has 6 nitrogen and oxygen atoms in total. The number of guanidine groups is 1. The van der Waals surface area contributed by atoms with Crippen molar-refractivity contribution >= 4 is 29.9 Å². The van der Waals surface area contributed by atoms with E-state index in [0.717, 1.165) is 44.1 Å². The average Bonchev–Trinajstić information content (AvgIpc) is 3.04. The van der Waals surface area contributed by atoms with E-state index in [1.165, 1.54) is 0 Å². The van der Waals surface area contributed by atoms with Gasteiger partial charge in [0.2, 0.25) is 0 Å². The standard InChI is InChI=1S/C15H22N6.HI/c1-16-15(18-9-4-12-21-13-5-10-20-21)19-11-7-14-6-2-3-8-17-14;/h2-3,5-6,8,10,13H,4,7,9,11-12H2,1H3,(H2,16,18,19);1H. The third-order valence-corrected chi connectivity index (χ3v) is 3.04. The zero-order valence-corrected chi connectivity index (χ0v) is 15.1. The molecule has 0 radical (unpaired) electrons. The number of pyridine rings is 1. The number of halogens is 1. The smallest absolute Gasteiger partial charge is 0.190 e. The molecule has 2 rings (SSSR count). The fraction of sp³-hybridized carbons (Fsp3) is 0.400. The summed E-state index contributed by atoms with van der Waals surface area (Å²) in [5.74, 6) is 0.825. The number of aryl methyl sites for hydroxylation is 1. The molecule has 2 aromatic rings. The Labute approximate surface area is 148 Å². The molecule has 7 heteroatoms. The van der Waals surface area contributed by atoms with E-state index in [1.807, 2.05) is 41.3 Å². The van der Waals surface area contributed by atoms with Crippen molar-refractivity contribution in [2.45, 2.75) is 19.4 Å². The summed E-state index contributed by atoms with van der Waals surface area (Å²) in [4.78, 5) is 8.50. The normalized spacial score (nSPS) is 10.9. The van der Waals surface area contributed by atoms with Crippen LogP contribution in [-0.4, -0.2) is 40.9 Å². The van der Waals surface area contributed by atoms with E-state index in [1.54, 1.807) is 13.2 Å². The molecule has 0 aliphatic heterocycles. The van der Waals surface area contributed by atoms with Gasteiger partial charge in [-0.25, -0.2) is 0 Å². The molecule has 2 aromatic heterocycles. The fourth-order valence-corrected chi connectivity index (χ4v) is 1.96. The Morgan fingerprint density at radius 1 is 1.18 bits per heavy atom. The molecule has 2 heterocycles. The van der Waals surface area contributed by atoms with Gasteiger partial charge in [0, 0.05) is 57.4 Å². The molecule has 0 saturated heterocycles. The van der Waals surface area contributed by atoms with Gasteiger partial charge < -0.3 is 10.6 Å². The molecule has 120 valence electrons. The van der Waals surface area contributed by atoms with E-state index in [2.05, 4.69) is 25.7 Å². The van der Waals surface area contributed by atoms with Crippen molar-refractivity contribution in [3.05, 3.63) is 48.5 Å². The summed E-state index contributed by atoms with van der Waals surface area (Å²) in [6, 6.07) is 7.90. The van der Waals surface area contributed by atoms with Gasteiger partial charge in [-0.15, -0.1) is 24.0 Å². The highest BCUT2D eigenvalue weighted by Crippen LogP contribution is 1.93. The number of rotatable bonds is 7. The minimum atomic E-state index is 0. The maximum atomic E-state index is 4.30. The van der Waals surface area contributed by atoms with E-state index in [4.69, 9.17) is 0 Å². The van der Waals surface area contributed by atoms with Gasteiger partial charge >= 0.3 is 0 Å². The summed E-state index contributed by atoms with van der Waals surface area (Å²) in [7, 11) is 1.78. The Hall–Kier alpha value is -1.64. The fourth-order valence-electron chi connectivity index (χ4n) is 1.96. The summed E-state index contributed by atoms with van der Waals surface area (Å²) in [5, 5.41) is 10.8. The monoisotopic (exact) mass is 414 g/mol. The molecule has 0 fully saturated rings. The number of nitrogens with one attached hydrogen (secondary N) is 2. The Balaban J connectivity index is 0.00000242. The van der Waals surface area contributed by atoms with Crippen LogP contribution < -0.4 is 10.6 Å². The molecule has 0 unspecified atom stereocenters. The van der Waals surface area contributed by atoms with Crippen LogP contribution in [0, 0.1) is 0 Å². The molecule has 0 amide bonds. The number of aliphatic imine (C=N–C) groups is 1. The van der Waals surface area contributed by atoms with E-state index in [-0.39, 0.29) is 24.0 Å². The minimum Gasteiger partial charge on any atom is -0.356 e. The van der Waals surface area contributed by atoms with Crippen LogP contribution in [0.25, 0.3) is 0 Å². The molecule has 0 spiro atoms. The second kappa shape index (κ2) is 11.0. The van der Waals surface area contributed by atoms with E-state index in [9.17, 15) is 0 Å². The zero-order chi connectivity index (χ0) is 14.8. The van der Waals surface area contributed by atoms with Gasteiger partial charge in [0.25, 0.3) is 0 Å². The lowest BCUT2D eigenvalue weighted by Crippen LogP contribution is -2.39. The zero-order valence-electron chi connectivity index (χ0n) is 12.8. The first-order chi connectivity index (χ1) is 10.4. The van der Waals surface area contributed by atoms with Crippen LogP contribution in [0.5, 0.6) is 0 Å². The summed E-state index contributed by atoms with van der Waals surface area (Å²) in [6.07, 6.45) is 7.47. The lowest BCUT2D eigenvalue weighted by molar-refractivity contribution is 0.570. The summed E-state index contributed by atoms with van der Waals surface area (Å²) >= 11 is 0. The molecular formula is C15H23IN6. The quantitative estimate of drug-likeness (QED) is 0.313. The van der Waals surface area contributed by atoms with Gasteiger partial charge in [0.15, 0.2) is 5.96 Å². The number of hydrogen-bond acceptors (Lipinski definition) is 3. The van der Waals surface area contributed by atoms with Crippen molar-refractivity contribution in [1.82, 2.24) is 25.4 Å². The van der Waals surface area contributed by atoms with Crippen molar-refractivity contribution in [2.75, 3.05) is 20.1 Å². The van der Waals surface area contributed by atoms with Crippen molar-refractivity contribution in [2.24, 2.45) is 4.99 Å². The predicted molar refractivity (Wildman–Crippen MR) is 99.6 cm³/mol. The van der Waals surface area contributed by atoms with E-state index >= 15 is 0 Å². The van der Waals surface area contributed by atoms with Gasteiger partial charge in [-0.2, -0.15) is 5.10 Å². The van der Waals surface area contributed by atoms with E-state index < -0.39 is 0 Å². The molecule has 0 atom stereocenters. The van der Waals surface area contributed by atoms with Gasteiger partial charge in [0.1, 0.15) is 0 Å². The van der Waals surface area contributed by atoms with Crippen LogP contribution in [-0.2, 0) is 13.0 Å². The molecule has 0 bridgehead atoms. The first kappa shape index (κ1) is 18.4. The summed E-state index contributed by atoms with van der Waals surface area (Å²) in [5.41, 5.74) is 1.08. The highest BCUT2D eigenvalue weighted by atomic mass is 127. The largest absolute Gasteiger partial charge is 0.356 e. The second-order valence-electron chi connectivity index (χ2n) is 4.62. The predicted octanol–water partition coefficient (Wildman–Crippen LogP) is 1.69. The maximum Gasteiger partial charge on any atom is 0.190 e. The maximum absolute atomic E-state index is 4.30. The summed E-state index contributed by atoms with van der Waals surface area (Å²) in [6.45, 7) is 2.59. The highest BCUT2D eigenvalue weighted by molar-refractivity contribution is 14.0.